The van der Waals surface area contributed by atoms with Gasteiger partial charge in [-0.2, -0.15) is 0 Å². The summed E-state index contributed by atoms with van der Waals surface area (Å²) in [6, 6.07) is 3.55. The minimum absolute atomic E-state index is 0.0212. The molecule has 1 fully saturated rings. The fourth-order valence-electron chi connectivity index (χ4n) is 1.83. The third kappa shape index (κ3) is 1.60. The summed E-state index contributed by atoms with van der Waals surface area (Å²) in [5, 5.41) is 0. The highest BCUT2D eigenvalue weighted by Crippen LogP contribution is 2.25. The van der Waals surface area contributed by atoms with Crippen LogP contribution in [0.1, 0.15) is 29.7 Å². The maximum atomic E-state index is 11.9. The second-order valence-electron chi connectivity index (χ2n) is 3.75. The fourth-order valence-corrected chi connectivity index (χ4v) is 1.83. The van der Waals surface area contributed by atoms with Gasteiger partial charge in [-0.15, -0.1) is 0 Å². The molecule has 1 aliphatic rings. The maximum absolute atomic E-state index is 11.9. The van der Waals surface area contributed by atoms with Crippen LogP contribution in [-0.4, -0.2) is 18.5 Å². The van der Waals surface area contributed by atoms with Crippen molar-refractivity contribution in [1.29, 1.82) is 0 Å². The molecule has 1 aromatic heterocycles. The van der Waals surface area contributed by atoms with Crippen molar-refractivity contribution in [2.45, 2.75) is 26.4 Å². The SMILES string of the molecule is Cc1ccc(C(=O)C2CCOC2C)o1. The molecule has 0 aromatic carbocycles. The molecule has 0 saturated carbocycles. The summed E-state index contributed by atoms with van der Waals surface area (Å²) in [7, 11) is 0. The number of ether oxygens (including phenoxy) is 1. The predicted octanol–water partition coefficient (Wildman–Crippen LogP) is 2.20. The molecule has 0 bridgehead atoms. The summed E-state index contributed by atoms with van der Waals surface area (Å²) < 4.78 is 10.7. The Morgan fingerprint density at radius 1 is 1.50 bits per heavy atom. The number of furan rings is 1. The molecule has 2 heterocycles. The van der Waals surface area contributed by atoms with Gasteiger partial charge in [-0.05, 0) is 32.4 Å². The number of aryl methyl sites for hydroxylation is 1. The lowest BCUT2D eigenvalue weighted by Gasteiger charge is -2.10. The molecule has 1 aliphatic heterocycles. The molecule has 1 aromatic rings. The zero-order valence-corrected chi connectivity index (χ0v) is 8.45. The van der Waals surface area contributed by atoms with Gasteiger partial charge in [-0.25, -0.2) is 0 Å². The van der Waals surface area contributed by atoms with Gasteiger partial charge in [0.1, 0.15) is 5.76 Å². The second-order valence-corrected chi connectivity index (χ2v) is 3.75. The number of hydrogen-bond donors (Lipinski definition) is 0. The average Bonchev–Trinajstić information content (AvgIpc) is 2.73. The molecule has 76 valence electrons. The van der Waals surface area contributed by atoms with Crippen molar-refractivity contribution in [3.8, 4) is 0 Å². The normalized spacial score (nSPS) is 26.7. The van der Waals surface area contributed by atoms with E-state index in [0.29, 0.717) is 12.4 Å². The van der Waals surface area contributed by atoms with Crippen molar-refractivity contribution in [3.63, 3.8) is 0 Å². The van der Waals surface area contributed by atoms with Crippen LogP contribution in [0.4, 0.5) is 0 Å². The lowest BCUT2D eigenvalue weighted by molar-refractivity contribution is 0.0739. The minimum Gasteiger partial charge on any atom is -0.458 e. The van der Waals surface area contributed by atoms with Crippen LogP contribution in [0.2, 0.25) is 0 Å². The molecule has 1 saturated heterocycles. The van der Waals surface area contributed by atoms with E-state index >= 15 is 0 Å². The summed E-state index contributed by atoms with van der Waals surface area (Å²) in [6.45, 7) is 4.45. The Kier molecular flexibility index (Phi) is 2.42. The fraction of sp³-hybridized carbons (Fsp3) is 0.545. The Balaban J connectivity index is 2.15. The van der Waals surface area contributed by atoms with E-state index in [9.17, 15) is 4.79 Å². The summed E-state index contributed by atoms with van der Waals surface area (Å²) in [6.07, 6.45) is 0.827. The highest BCUT2D eigenvalue weighted by Gasteiger charge is 2.32. The van der Waals surface area contributed by atoms with Crippen LogP contribution in [0.5, 0.6) is 0 Å². The van der Waals surface area contributed by atoms with Crippen molar-refractivity contribution in [2.75, 3.05) is 6.61 Å². The largest absolute Gasteiger partial charge is 0.458 e. The molecule has 3 heteroatoms. The lowest BCUT2D eigenvalue weighted by Crippen LogP contribution is -2.21. The maximum Gasteiger partial charge on any atom is 0.203 e. The van der Waals surface area contributed by atoms with Crippen LogP contribution >= 0.6 is 0 Å². The van der Waals surface area contributed by atoms with Gasteiger partial charge in [0.25, 0.3) is 0 Å². The topological polar surface area (TPSA) is 39.4 Å². The molecule has 14 heavy (non-hydrogen) atoms. The van der Waals surface area contributed by atoms with E-state index in [4.69, 9.17) is 9.15 Å². The predicted molar refractivity (Wildman–Crippen MR) is 51.3 cm³/mol. The van der Waals surface area contributed by atoms with Crippen LogP contribution in [0.25, 0.3) is 0 Å². The van der Waals surface area contributed by atoms with Crippen LogP contribution in [0.3, 0.4) is 0 Å². The molecular weight excluding hydrogens is 180 g/mol. The molecule has 3 nitrogen and oxygen atoms in total. The molecule has 2 unspecified atom stereocenters. The van der Waals surface area contributed by atoms with E-state index in [-0.39, 0.29) is 17.8 Å². The monoisotopic (exact) mass is 194 g/mol. The molecule has 0 radical (unpaired) electrons. The minimum atomic E-state index is -0.0273. The Morgan fingerprint density at radius 2 is 2.29 bits per heavy atom. The van der Waals surface area contributed by atoms with Crippen LogP contribution in [0.15, 0.2) is 16.5 Å². The molecule has 0 amide bonds. The number of rotatable bonds is 2. The van der Waals surface area contributed by atoms with Gasteiger partial charge in [0.2, 0.25) is 5.78 Å². The molecule has 0 aliphatic carbocycles. The smallest absolute Gasteiger partial charge is 0.203 e. The van der Waals surface area contributed by atoms with Crippen molar-refractivity contribution < 1.29 is 13.9 Å². The van der Waals surface area contributed by atoms with Gasteiger partial charge in [-0.3, -0.25) is 4.79 Å². The Bertz CT molecular complexity index is 340. The Hall–Kier alpha value is -1.09. The Morgan fingerprint density at radius 3 is 2.79 bits per heavy atom. The van der Waals surface area contributed by atoms with Gasteiger partial charge >= 0.3 is 0 Å². The van der Waals surface area contributed by atoms with Crippen LogP contribution in [-0.2, 0) is 4.74 Å². The summed E-state index contributed by atoms with van der Waals surface area (Å²) >= 11 is 0. The van der Waals surface area contributed by atoms with Gasteiger partial charge in [0.15, 0.2) is 5.76 Å². The van der Waals surface area contributed by atoms with E-state index in [1.807, 2.05) is 19.9 Å². The van der Waals surface area contributed by atoms with Gasteiger partial charge in [-0.1, -0.05) is 0 Å². The van der Waals surface area contributed by atoms with E-state index < -0.39 is 0 Å². The van der Waals surface area contributed by atoms with Gasteiger partial charge in [0, 0.05) is 6.61 Å². The number of ketones is 1. The van der Waals surface area contributed by atoms with Crippen molar-refractivity contribution in [2.24, 2.45) is 5.92 Å². The molecule has 2 atom stereocenters. The molecule has 2 rings (SSSR count). The van der Waals surface area contributed by atoms with E-state index in [2.05, 4.69) is 0 Å². The molecular formula is C11H14O3. The quantitative estimate of drug-likeness (QED) is 0.677. The van der Waals surface area contributed by atoms with Gasteiger partial charge in [0.05, 0.1) is 12.0 Å². The molecule has 0 spiro atoms. The highest BCUT2D eigenvalue weighted by atomic mass is 16.5. The first kappa shape index (κ1) is 9.46. The summed E-state index contributed by atoms with van der Waals surface area (Å²) in [5.74, 6) is 1.29. The molecule has 0 N–H and O–H groups in total. The van der Waals surface area contributed by atoms with Gasteiger partial charge < -0.3 is 9.15 Å². The number of carbonyl (C=O) groups excluding carboxylic acids is 1. The summed E-state index contributed by atoms with van der Waals surface area (Å²) in [4.78, 5) is 11.9. The zero-order chi connectivity index (χ0) is 10.1. The third-order valence-corrected chi connectivity index (χ3v) is 2.70. The van der Waals surface area contributed by atoms with Crippen molar-refractivity contribution >= 4 is 5.78 Å². The first-order valence-electron chi connectivity index (χ1n) is 4.91. The van der Waals surface area contributed by atoms with E-state index in [1.165, 1.54) is 0 Å². The first-order chi connectivity index (χ1) is 6.68. The zero-order valence-electron chi connectivity index (χ0n) is 8.45. The number of Topliss-reactive ketones (excluding diaryl/α,β-unsaturated/α-hetero) is 1. The number of hydrogen-bond acceptors (Lipinski definition) is 3. The van der Waals surface area contributed by atoms with E-state index in [0.717, 1.165) is 12.2 Å². The third-order valence-electron chi connectivity index (χ3n) is 2.70. The summed E-state index contributed by atoms with van der Waals surface area (Å²) in [5.41, 5.74) is 0. The first-order valence-corrected chi connectivity index (χ1v) is 4.91. The van der Waals surface area contributed by atoms with Crippen LogP contribution in [0, 0.1) is 12.8 Å². The lowest BCUT2D eigenvalue weighted by atomic mass is 9.96. The number of carbonyl (C=O) groups is 1. The standard InChI is InChI=1S/C11H14O3/c1-7-3-4-10(14-7)11(12)9-5-6-13-8(9)2/h3-4,8-9H,5-6H2,1-2H3. The second kappa shape index (κ2) is 3.58. The highest BCUT2D eigenvalue weighted by molar-refractivity contribution is 5.95. The average molecular weight is 194 g/mol. The van der Waals surface area contributed by atoms with Crippen LogP contribution < -0.4 is 0 Å². The van der Waals surface area contributed by atoms with Crippen molar-refractivity contribution in [1.82, 2.24) is 0 Å². The van der Waals surface area contributed by atoms with E-state index in [1.54, 1.807) is 6.07 Å². The van der Waals surface area contributed by atoms with Crippen molar-refractivity contribution in [3.05, 3.63) is 23.7 Å². The Labute approximate surface area is 83.0 Å².